The molecule has 0 amide bonds. The average Bonchev–Trinajstić information content (AvgIpc) is 3.68. The summed E-state index contributed by atoms with van der Waals surface area (Å²) in [7, 11) is 0. The Morgan fingerprint density at radius 3 is 1.07 bits per heavy atom. The van der Waals surface area contributed by atoms with Gasteiger partial charge in [0.25, 0.3) is 0 Å². The molecule has 0 aliphatic rings. The summed E-state index contributed by atoms with van der Waals surface area (Å²) < 4.78 is 2.63. The Hall–Kier alpha value is -7.40. The number of benzene rings is 9. The molecule has 10 rings (SSSR count). The molecule has 276 valence electrons. The number of para-hydroxylation sites is 4. The van der Waals surface area contributed by atoms with Crippen molar-refractivity contribution in [1.29, 1.82) is 0 Å². The highest BCUT2D eigenvalue weighted by molar-refractivity contribution is 7.26. The fraction of sp³-hybridized carbons (Fsp3) is 0. The second-order valence-electron chi connectivity index (χ2n) is 14.2. The van der Waals surface area contributed by atoms with Crippen LogP contribution in [0.5, 0.6) is 0 Å². The predicted octanol–water partition coefficient (Wildman–Crippen LogP) is 16.1. The van der Waals surface area contributed by atoms with Crippen LogP contribution in [0.1, 0.15) is 0 Å². The molecule has 0 spiro atoms. The lowest BCUT2D eigenvalue weighted by Crippen LogP contribution is -2.14. The van der Waals surface area contributed by atoms with E-state index in [2.05, 4.69) is 251 Å². The Kier molecular flexibility index (Phi) is 9.44. The summed E-state index contributed by atoms with van der Waals surface area (Å²) >= 11 is 1.87. The summed E-state index contributed by atoms with van der Waals surface area (Å²) in [5, 5.41) is 2.62. The van der Waals surface area contributed by atoms with Gasteiger partial charge < -0.3 is 14.7 Å². The van der Waals surface area contributed by atoms with Crippen molar-refractivity contribution >= 4 is 82.7 Å². The quantitative estimate of drug-likeness (QED) is 0.137. The maximum Gasteiger partial charge on any atom is 0.0482 e. The predicted molar refractivity (Wildman–Crippen MR) is 249 cm³/mol. The van der Waals surface area contributed by atoms with E-state index in [9.17, 15) is 0 Å². The van der Waals surface area contributed by atoms with Gasteiger partial charge in [0.05, 0.1) is 0 Å². The van der Waals surface area contributed by atoms with E-state index in [1.807, 2.05) is 11.3 Å². The minimum absolute atomic E-state index is 1.05. The van der Waals surface area contributed by atoms with Crippen molar-refractivity contribution in [3.63, 3.8) is 0 Å². The van der Waals surface area contributed by atoms with Crippen LogP contribution in [0.2, 0.25) is 0 Å². The van der Waals surface area contributed by atoms with E-state index in [1.54, 1.807) is 0 Å². The minimum atomic E-state index is 1.05. The number of rotatable bonds is 10. The van der Waals surface area contributed by atoms with Gasteiger partial charge in [0.2, 0.25) is 0 Å². The Bertz CT molecular complexity index is 2740. The van der Waals surface area contributed by atoms with Gasteiger partial charge in [-0.05, 0) is 114 Å². The van der Waals surface area contributed by atoms with E-state index in [1.165, 1.54) is 31.3 Å². The molecule has 1 heterocycles. The van der Waals surface area contributed by atoms with E-state index < -0.39 is 0 Å². The second-order valence-corrected chi connectivity index (χ2v) is 15.3. The number of thiophene rings is 1. The molecule has 0 atom stereocenters. The van der Waals surface area contributed by atoms with E-state index in [0.29, 0.717) is 0 Å². The first-order chi connectivity index (χ1) is 28.8. The molecule has 0 bridgehead atoms. The van der Waals surface area contributed by atoms with Crippen LogP contribution in [0.15, 0.2) is 237 Å². The van der Waals surface area contributed by atoms with Gasteiger partial charge in [-0.25, -0.2) is 0 Å². The molecule has 0 saturated heterocycles. The van der Waals surface area contributed by atoms with E-state index >= 15 is 0 Å². The van der Waals surface area contributed by atoms with Crippen LogP contribution in [0.25, 0.3) is 31.3 Å². The van der Waals surface area contributed by atoms with Crippen LogP contribution in [-0.4, -0.2) is 0 Å². The van der Waals surface area contributed by atoms with Gasteiger partial charge in [-0.1, -0.05) is 133 Å². The normalized spacial score (nSPS) is 11.1. The number of fused-ring (bicyclic) bond motifs is 3. The Labute approximate surface area is 343 Å². The van der Waals surface area contributed by atoms with Gasteiger partial charge in [0, 0.05) is 71.4 Å². The van der Waals surface area contributed by atoms with E-state index in [0.717, 1.165) is 51.2 Å². The highest BCUT2D eigenvalue weighted by Gasteiger charge is 2.20. The van der Waals surface area contributed by atoms with Crippen molar-refractivity contribution in [3.05, 3.63) is 237 Å². The summed E-state index contributed by atoms with van der Waals surface area (Å²) in [5.41, 5.74) is 12.2. The molecule has 3 nitrogen and oxygen atoms in total. The number of hydrogen-bond acceptors (Lipinski definition) is 4. The van der Waals surface area contributed by atoms with E-state index in [-0.39, 0.29) is 0 Å². The molecular weight excluding hydrogens is 723 g/mol. The van der Waals surface area contributed by atoms with E-state index in [4.69, 9.17) is 0 Å². The van der Waals surface area contributed by atoms with Crippen molar-refractivity contribution in [2.75, 3.05) is 14.7 Å². The van der Waals surface area contributed by atoms with Crippen molar-refractivity contribution in [3.8, 4) is 11.1 Å². The molecule has 0 radical (unpaired) electrons. The smallest absolute Gasteiger partial charge is 0.0482 e. The zero-order valence-electron chi connectivity index (χ0n) is 31.8. The van der Waals surface area contributed by atoms with Gasteiger partial charge in [-0.3, -0.25) is 0 Å². The molecule has 0 N–H and O–H groups in total. The molecular formula is C54H39N3S. The molecule has 0 saturated carbocycles. The zero-order chi connectivity index (χ0) is 38.7. The molecule has 0 unspecified atom stereocenters. The molecule has 9 aromatic carbocycles. The number of anilines is 9. The highest BCUT2D eigenvalue weighted by atomic mass is 32.1. The third-order valence-electron chi connectivity index (χ3n) is 10.6. The topological polar surface area (TPSA) is 9.72 Å². The van der Waals surface area contributed by atoms with Crippen molar-refractivity contribution in [2.45, 2.75) is 0 Å². The SMILES string of the molecule is c1ccc(N(c2ccccc2)c2cccc(N(c3ccc(-c4cccc5c4sc4ccccc45)cc3)c3cccc(N(c4ccccc4)c4ccccc4)c3)c2)cc1. The van der Waals surface area contributed by atoms with Crippen LogP contribution < -0.4 is 14.7 Å². The van der Waals surface area contributed by atoms with Gasteiger partial charge in [0.15, 0.2) is 0 Å². The Morgan fingerprint density at radius 1 is 0.259 bits per heavy atom. The van der Waals surface area contributed by atoms with Gasteiger partial charge in [-0.2, -0.15) is 0 Å². The Morgan fingerprint density at radius 2 is 0.603 bits per heavy atom. The van der Waals surface area contributed by atoms with Crippen LogP contribution in [0.3, 0.4) is 0 Å². The maximum absolute atomic E-state index is 2.37. The maximum atomic E-state index is 2.37. The molecule has 0 fully saturated rings. The third kappa shape index (κ3) is 6.76. The second kappa shape index (κ2) is 15.6. The van der Waals surface area contributed by atoms with Crippen molar-refractivity contribution in [2.24, 2.45) is 0 Å². The average molecular weight is 762 g/mol. The number of nitrogens with zero attached hydrogens (tertiary/aromatic N) is 3. The summed E-state index contributed by atoms with van der Waals surface area (Å²) in [5.74, 6) is 0. The van der Waals surface area contributed by atoms with Crippen molar-refractivity contribution in [1.82, 2.24) is 0 Å². The lowest BCUT2D eigenvalue weighted by molar-refractivity contribution is 1.24. The lowest BCUT2D eigenvalue weighted by atomic mass is 10.0. The molecule has 58 heavy (non-hydrogen) atoms. The van der Waals surface area contributed by atoms with Crippen LogP contribution in [0, 0.1) is 0 Å². The molecule has 4 heteroatoms. The van der Waals surface area contributed by atoms with Crippen LogP contribution >= 0.6 is 11.3 Å². The fourth-order valence-electron chi connectivity index (χ4n) is 7.96. The minimum Gasteiger partial charge on any atom is -0.310 e. The van der Waals surface area contributed by atoms with Gasteiger partial charge >= 0.3 is 0 Å². The number of hydrogen-bond donors (Lipinski definition) is 0. The molecule has 0 aliphatic carbocycles. The van der Waals surface area contributed by atoms with Gasteiger partial charge in [-0.15, -0.1) is 11.3 Å². The van der Waals surface area contributed by atoms with Crippen molar-refractivity contribution < 1.29 is 0 Å². The first-order valence-electron chi connectivity index (χ1n) is 19.6. The molecule has 10 aromatic rings. The third-order valence-corrected chi connectivity index (χ3v) is 11.8. The standard InChI is InChI=1S/C54H39N3S/c1-5-18-41(19-6-1)55(42-20-7-2-8-21-42)46-26-15-28-48(38-46)57(49-29-16-27-47(39-49)56(43-22-9-3-10-23-43)44-24-11-4-12-25-44)45-36-34-40(35-37-45)50-31-17-32-52-51-30-13-14-33-53(51)58-54(50)52/h1-39H. The summed E-state index contributed by atoms with van der Waals surface area (Å²) in [6.45, 7) is 0. The largest absolute Gasteiger partial charge is 0.310 e. The lowest BCUT2D eigenvalue weighted by Gasteiger charge is -2.31. The van der Waals surface area contributed by atoms with Gasteiger partial charge in [0.1, 0.15) is 0 Å². The zero-order valence-corrected chi connectivity index (χ0v) is 32.6. The van der Waals surface area contributed by atoms with Crippen LogP contribution in [-0.2, 0) is 0 Å². The summed E-state index contributed by atoms with van der Waals surface area (Å²) in [4.78, 5) is 7.01. The fourth-order valence-corrected chi connectivity index (χ4v) is 9.20. The molecule has 0 aliphatic heterocycles. The highest BCUT2D eigenvalue weighted by Crippen LogP contribution is 2.44. The first kappa shape index (κ1) is 35.0. The summed E-state index contributed by atoms with van der Waals surface area (Å²) in [6, 6.07) is 84.6. The molecule has 1 aromatic heterocycles. The van der Waals surface area contributed by atoms with Crippen LogP contribution in [0.4, 0.5) is 51.2 Å². The summed E-state index contributed by atoms with van der Waals surface area (Å²) in [6.07, 6.45) is 0. The monoisotopic (exact) mass is 761 g/mol. The Balaban J connectivity index is 1.12. The first-order valence-corrected chi connectivity index (χ1v) is 20.4.